The van der Waals surface area contributed by atoms with E-state index in [1.54, 1.807) is 23.4 Å². The normalized spacial score (nSPS) is 10.9. The minimum atomic E-state index is -0.297. The molecule has 0 aliphatic carbocycles. The van der Waals surface area contributed by atoms with E-state index in [0.717, 1.165) is 22.3 Å². The predicted molar refractivity (Wildman–Crippen MR) is 123 cm³/mol. The van der Waals surface area contributed by atoms with E-state index in [-0.39, 0.29) is 23.7 Å². The SMILES string of the molecule is C=NC(=O)Cc1cc2ncn(-n3c(C)cnc(NCCc4ccccn4)c3=O)c2cc1C. The summed E-state index contributed by atoms with van der Waals surface area (Å²) >= 11 is 0. The van der Waals surface area contributed by atoms with Gasteiger partial charge in [-0.15, -0.1) is 0 Å². The van der Waals surface area contributed by atoms with Crippen LogP contribution in [0, 0.1) is 13.8 Å². The average Bonchev–Trinajstić information content (AvgIpc) is 3.18. The molecule has 0 atom stereocenters. The monoisotopic (exact) mass is 429 g/mol. The third-order valence-corrected chi connectivity index (χ3v) is 5.23. The molecule has 0 saturated heterocycles. The van der Waals surface area contributed by atoms with Gasteiger partial charge in [0.1, 0.15) is 6.33 Å². The molecule has 0 bridgehead atoms. The molecule has 4 rings (SSSR count). The van der Waals surface area contributed by atoms with Gasteiger partial charge in [0.2, 0.25) is 5.91 Å². The van der Waals surface area contributed by atoms with Gasteiger partial charge in [-0.25, -0.2) is 24.3 Å². The van der Waals surface area contributed by atoms with E-state index in [4.69, 9.17) is 0 Å². The lowest BCUT2D eigenvalue weighted by Crippen LogP contribution is -2.31. The zero-order chi connectivity index (χ0) is 22.7. The molecular formula is C23H23N7O2. The van der Waals surface area contributed by atoms with Gasteiger partial charge in [-0.2, -0.15) is 0 Å². The number of benzene rings is 1. The number of aryl methyl sites for hydroxylation is 2. The van der Waals surface area contributed by atoms with Crippen molar-refractivity contribution >= 4 is 29.5 Å². The highest BCUT2D eigenvalue weighted by Crippen LogP contribution is 2.20. The number of amides is 1. The number of rotatable bonds is 7. The van der Waals surface area contributed by atoms with Crippen LogP contribution < -0.4 is 10.9 Å². The standard InChI is InChI=1S/C23H23N7O2/c1-15-10-20-19(11-17(15)12-21(31)24-3)28-14-29(20)30-16(2)13-27-22(23(30)32)26-9-7-18-6-4-5-8-25-18/h4-6,8,10-11,13-14H,3,7,9,12H2,1-2H3,(H,26,27). The van der Waals surface area contributed by atoms with E-state index in [1.807, 2.05) is 44.2 Å². The number of imidazole rings is 1. The second kappa shape index (κ2) is 8.93. The maximum absolute atomic E-state index is 13.2. The summed E-state index contributed by atoms with van der Waals surface area (Å²) in [5.74, 6) is -0.0427. The molecule has 0 unspecified atom stereocenters. The molecule has 4 aromatic rings. The summed E-state index contributed by atoms with van der Waals surface area (Å²) in [7, 11) is 0. The Balaban J connectivity index is 1.66. The van der Waals surface area contributed by atoms with Crippen molar-refractivity contribution < 1.29 is 4.79 Å². The Hall–Kier alpha value is -4.14. The Morgan fingerprint density at radius 2 is 2.03 bits per heavy atom. The quantitative estimate of drug-likeness (QED) is 0.452. The highest BCUT2D eigenvalue weighted by atomic mass is 16.1. The van der Waals surface area contributed by atoms with Gasteiger partial charge in [0.15, 0.2) is 5.82 Å². The molecule has 1 amide bonds. The van der Waals surface area contributed by atoms with Crippen molar-refractivity contribution in [2.45, 2.75) is 26.7 Å². The molecule has 0 spiro atoms. The van der Waals surface area contributed by atoms with E-state index < -0.39 is 0 Å². The van der Waals surface area contributed by atoms with Crippen molar-refractivity contribution in [2.24, 2.45) is 4.99 Å². The molecule has 3 heterocycles. The zero-order valence-corrected chi connectivity index (χ0v) is 17.9. The van der Waals surface area contributed by atoms with Crippen LogP contribution in [0.5, 0.6) is 0 Å². The first-order valence-electron chi connectivity index (χ1n) is 10.2. The third-order valence-electron chi connectivity index (χ3n) is 5.23. The fraction of sp³-hybridized carbons (Fsp3) is 0.217. The number of hydrogen-bond acceptors (Lipinski definition) is 6. The van der Waals surface area contributed by atoms with E-state index in [2.05, 4.69) is 32.0 Å². The topological polar surface area (TPSA) is 107 Å². The zero-order valence-electron chi connectivity index (χ0n) is 17.9. The van der Waals surface area contributed by atoms with Crippen LogP contribution in [0.2, 0.25) is 0 Å². The Kier molecular flexibility index (Phi) is 5.89. The van der Waals surface area contributed by atoms with Crippen LogP contribution in [0.25, 0.3) is 11.0 Å². The second-order valence-electron chi connectivity index (χ2n) is 7.45. The number of fused-ring (bicyclic) bond motifs is 1. The van der Waals surface area contributed by atoms with Crippen LogP contribution in [0.4, 0.5) is 5.82 Å². The first-order valence-corrected chi connectivity index (χ1v) is 10.2. The summed E-state index contributed by atoms with van der Waals surface area (Å²) in [5, 5.41) is 3.12. The van der Waals surface area contributed by atoms with Crippen molar-refractivity contribution in [3.8, 4) is 0 Å². The molecule has 162 valence electrons. The highest BCUT2D eigenvalue weighted by Gasteiger charge is 2.14. The van der Waals surface area contributed by atoms with Crippen molar-refractivity contribution in [1.82, 2.24) is 24.3 Å². The van der Waals surface area contributed by atoms with Crippen molar-refractivity contribution in [3.05, 3.63) is 81.9 Å². The van der Waals surface area contributed by atoms with Gasteiger partial charge in [-0.1, -0.05) is 6.07 Å². The van der Waals surface area contributed by atoms with Crippen molar-refractivity contribution in [2.75, 3.05) is 11.9 Å². The van der Waals surface area contributed by atoms with Gasteiger partial charge in [0.25, 0.3) is 0 Å². The Morgan fingerprint density at radius 1 is 1.19 bits per heavy atom. The number of anilines is 1. The summed E-state index contributed by atoms with van der Waals surface area (Å²) < 4.78 is 3.23. The fourth-order valence-electron chi connectivity index (χ4n) is 3.53. The van der Waals surface area contributed by atoms with Gasteiger partial charge >= 0.3 is 5.56 Å². The van der Waals surface area contributed by atoms with Gasteiger partial charge < -0.3 is 5.32 Å². The summed E-state index contributed by atoms with van der Waals surface area (Å²) in [6.07, 6.45) is 5.81. The lowest BCUT2D eigenvalue weighted by atomic mass is 10.0. The molecule has 0 fully saturated rings. The van der Waals surface area contributed by atoms with E-state index in [9.17, 15) is 9.59 Å². The van der Waals surface area contributed by atoms with Gasteiger partial charge in [-0.05, 0) is 56.0 Å². The average molecular weight is 429 g/mol. The van der Waals surface area contributed by atoms with Gasteiger partial charge in [0, 0.05) is 24.9 Å². The molecular weight excluding hydrogens is 406 g/mol. The van der Waals surface area contributed by atoms with Crippen LogP contribution in [-0.4, -0.2) is 43.5 Å². The Morgan fingerprint density at radius 3 is 2.78 bits per heavy atom. The molecule has 9 nitrogen and oxygen atoms in total. The first kappa shape index (κ1) is 21.1. The minimum absolute atomic E-state index is 0.163. The summed E-state index contributed by atoms with van der Waals surface area (Å²) in [6.45, 7) is 7.54. The van der Waals surface area contributed by atoms with Gasteiger partial charge in [0.05, 0.1) is 29.3 Å². The number of aliphatic imine (C=N–C) groups is 1. The lowest BCUT2D eigenvalue weighted by Gasteiger charge is -2.14. The molecule has 0 saturated carbocycles. The molecule has 3 aromatic heterocycles. The summed E-state index contributed by atoms with van der Waals surface area (Å²) in [6, 6.07) is 9.49. The largest absolute Gasteiger partial charge is 0.365 e. The lowest BCUT2D eigenvalue weighted by molar-refractivity contribution is -0.117. The molecule has 9 heteroatoms. The second-order valence-corrected chi connectivity index (χ2v) is 7.45. The van der Waals surface area contributed by atoms with Crippen molar-refractivity contribution in [1.29, 1.82) is 0 Å². The maximum Gasteiger partial charge on any atom is 0.312 e. The van der Waals surface area contributed by atoms with E-state index in [0.29, 0.717) is 24.2 Å². The number of hydrogen-bond donors (Lipinski definition) is 1. The number of aromatic nitrogens is 5. The molecule has 1 N–H and O–H groups in total. The molecule has 0 aliphatic heterocycles. The van der Waals surface area contributed by atoms with Crippen molar-refractivity contribution in [3.63, 3.8) is 0 Å². The van der Waals surface area contributed by atoms with E-state index >= 15 is 0 Å². The number of carbonyl (C=O) groups excluding carboxylic acids is 1. The molecule has 0 radical (unpaired) electrons. The van der Waals surface area contributed by atoms with Crippen LogP contribution >= 0.6 is 0 Å². The Bertz CT molecular complexity index is 1360. The molecule has 32 heavy (non-hydrogen) atoms. The molecule has 0 aliphatic rings. The smallest absolute Gasteiger partial charge is 0.312 e. The maximum atomic E-state index is 13.2. The number of pyridine rings is 1. The summed E-state index contributed by atoms with van der Waals surface area (Å²) in [5.41, 5.74) is 4.48. The number of nitrogens with one attached hydrogen (secondary N) is 1. The third kappa shape index (κ3) is 4.18. The van der Waals surface area contributed by atoms with Crippen LogP contribution in [0.1, 0.15) is 22.5 Å². The van der Waals surface area contributed by atoms with Crippen LogP contribution in [0.3, 0.4) is 0 Å². The number of carbonyl (C=O) groups is 1. The first-order chi connectivity index (χ1) is 15.5. The fourth-order valence-corrected chi connectivity index (χ4v) is 3.53. The van der Waals surface area contributed by atoms with E-state index in [1.165, 1.54) is 4.68 Å². The predicted octanol–water partition coefficient (Wildman–Crippen LogP) is 2.34. The van der Waals surface area contributed by atoms with Crippen LogP contribution in [0.15, 0.2) is 58.8 Å². The minimum Gasteiger partial charge on any atom is -0.365 e. The summed E-state index contributed by atoms with van der Waals surface area (Å²) in [4.78, 5) is 41.4. The highest BCUT2D eigenvalue weighted by molar-refractivity contribution is 5.85. The van der Waals surface area contributed by atoms with Crippen LogP contribution in [-0.2, 0) is 17.6 Å². The van der Waals surface area contributed by atoms with Gasteiger partial charge in [-0.3, -0.25) is 14.6 Å². The number of nitrogens with zero attached hydrogens (tertiary/aromatic N) is 6. The Labute approximate surface area is 184 Å². The molecule has 1 aromatic carbocycles.